The topological polar surface area (TPSA) is 147 Å². The van der Waals surface area contributed by atoms with Crippen LogP contribution in [-0.2, 0) is 30.7 Å². The van der Waals surface area contributed by atoms with E-state index in [2.05, 4.69) is 11.4 Å². The quantitative estimate of drug-likeness (QED) is 0.326. The molecule has 234 valence electrons. The molecule has 0 saturated carbocycles. The van der Waals surface area contributed by atoms with E-state index in [1.807, 2.05) is 44.2 Å². The van der Waals surface area contributed by atoms with Crippen molar-refractivity contribution >= 4 is 16.1 Å². The predicted octanol–water partition coefficient (Wildman–Crippen LogP) is 3.48. The Morgan fingerprint density at radius 1 is 1.19 bits per heavy atom. The van der Waals surface area contributed by atoms with Crippen LogP contribution in [0.3, 0.4) is 0 Å². The number of nitrogens with one attached hydrogen (secondary N) is 1. The highest BCUT2D eigenvalue weighted by Gasteiger charge is 2.44. The first-order chi connectivity index (χ1) is 20.5. The first-order valence-corrected chi connectivity index (χ1v) is 15.9. The van der Waals surface area contributed by atoms with Crippen LogP contribution in [0.5, 0.6) is 5.75 Å². The molecule has 0 radical (unpaired) electrons. The van der Waals surface area contributed by atoms with Crippen LogP contribution in [0, 0.1) is 22.7 Å². The fourth-order valence-corrected chi connectivity index (χ4v) is 7.10. The molecule has 2 aromatic carbocycles. The van der Waals surface area contributed by atoms with Gasteiger partial charge in [0.15, 0.2) is 6.29 Å². The Hall–Kier alpha value is -3.21. The predicted molar refractivity (Wildman–Crippen MR) is 158 cm³/mol. The molecule has 4 rings (SSSR count). The summed E-state index contributed by atoms with van der Waals surface area (Å²) in [6.07, 6.45) is -1.20. The first-order valence-electron chi connectivity index (χ1n) is 14.5. The third-order valence-electron chi connectivity index (χ3n) is 7.92. The van der Waals surface area contributed by atoms with Gasteiger partial charge in [-0.2, -0.15) is 9.57 Å². The molecule has 11 nitrogen and oxygen atoms in total. The van der Waals surface area contributed by atoms with Gasteiger partial charge in [0.1, 0.15) is 11.9 Å². The highest BCUT2D eigenvalue weighted by molar-refractivity contribution is 7.89. The second kappa shape index (κ2) is 14.5. The van der Waals surface area contributed by atoms with E-state index >= 15 is 0 Å². The van der Waals surface area contributed by atoms with Crippen LogP contribution in [0.4, 0.5) is 4.79 Å². The SMILES string of the molecule is COc1ccc(S(=O)(=O)N(C[C@H](O)[C@H](Cc2ccccc2)NC(=O)O[C@@H]2CO[C@@H]3OCC[C@@H]32)CC(C)(C)CCC#N)cc1. The van der Waals surface area contributed by atoms with E-state index in [9.17, 15) is 18.3 Å². The molecule has 12 heteroatoms. The van der Waals surface area contributed by atoms with Crippen molar-refractivity contribution in [2.24, 2.45) is 11.3 Å². The van der Waals surface area contributed by atoms with Crippen LogP contribution in [0.25, 0.3) is 0 Å². The van der Waals surface area contributed by atoms with E-state index in [0.29, 0.717) is 18.8 Å². The number of benzene rings is 2. The zero-order chi connectivity index (χ0) is 31.0. The largest absolute Gasteiger partial charge is 0.497 e. The summed E-state index contributed by atoms with van der Waals surface area (Å²) in [5.74, 6) is 0.456. The molecule has 2 saturated heterocycles. The number of hydrogen-bond donors (Lipinski definition) is 2. The van der Waals surface area contributed by atoms with E-state index in [1.54, 1.807) is 12.1 Å². The van der Waals surface area contributed by atoms with Crippen molar-refractivity contribution in [2.75, 3.05) is 33.4 Å². The molecule has 0 unspecified atom stereocenters. The third-order valence-corrected chi connectivity index (χ3v) is 9.74. The maximum atomic E-state index is 13.9. The molecule has 2 aliphatic rings. The van der Waals surface area contributed by atoms with Gasteiger partial charge >= 0.3 is 6.09 Å². The molecule has 2 N–H and O–H groups in total. The monoisotopic (exact) mass is 615 g/mol. The molecule has 2 fully saturated rings. The molecule has 2 heterocycles. The summed E-state index contributed by atoms with van der Waals surface area (Å²) < 4.78 is 51.1. The van der Waals surface area contributed by atoms with Crippen molar-refractivity contribution in [3.63, 3.8) is 0 Å². The smallest absolute Gasteiger partial charge is 0.407 e. The molecule has 0 bridgehead atoms. The number of sulfonamides is 1. The van der Waals surface area contributed by atoms with Gasteiger partial charge in [0.25, 0.3) is 0 Å². The number of carbonyl (C=O) groups is 1. The van der Waals surface area contributed by atoms with Crippen molar-refractivity contribution in [2.45, 2.75) is 69.0 Å². The minimum Gasteiger partial charge on any atom is -0.497 e. The van der Waals surface area contributed by atoms with Crippen molar-refractivity contribution < 1.29 is 37.3 Å². The van der Waals surface area contributed by atoms with Gasteiger partial charge in [-0.15, -0.1) is 0 Å². The number of alkyl carbamates (subject to hydrolysis) is 1. The number of aliphatic hydroxyl groups excluding tert-OH is 1. The lowest BCUT2D eigenvalue weighted by Crippen LogP contribution is -2.52. The molecule has 2 aromatic rings. The average Bonchev–Trinajstić information content (AvgIpc) is 3.61. The Labute approximate surface area is 253 Å². The van der Waals surface area contributed by atoms with Crippen LogP contribution < -0.4 is 10.1 Å². The number of nitrogens with zero attached hydrogens (tertiary/aromatic N) is 2. The summed E-state index contributed by atoms with van der Waals surface area (Å²) in [7, 11) is -2.59. The number of rotatable bonds is 14. The van der Waals surface area contributed by atoms with E-state index in [1.165, 1.54) is 23.5 Å². The van der Waals surface area contributed by atoms with Crippen LogP contribution in [0.1, 0.15) is 38.7 Å². The molecular formula is C31H41N3O8S. The maximum absolute atomic E-state index is 13.9. The molecule has 1 amide bonds. The lowest BCUT2D eigenvalue weighted by Gasteiger charge is -2.35. The summed E-state index contributed by atoms with van der Waals surface area (Å²) in [6, 6.07) is 16.6. The number of methoxy groups -OCH3 is 1. The maximum Gasteiger partial charge on any atom is 0.407 e. The zero-order valence-corrected chi connectivity index (χ0v) is 25.7. The highest BCUT2D eigenvalue weighted by Crippen LogP contribution is 2.33. The summed E-state index contributed by atoms with van der Waals surface area (Å²) in [6.45, 7) is 4.27. The molecule has 0 spiro atoms. The minimum absolute atomic E-state index is 0.0399. The molecule has 2 aliphatic heterocycles. The van der Waals surface area contributed by atoms with Gasteiger partial charge in [-0.05, 0) is 54.5 Å². The zero-order valence-electron chi connectivity index (χ0n) is 24.8. The Bertz CT molecular complexity index is 1350. The number of nitriles is 1. The Morgan fingerprint density at radius 2 is 1.91 bits per heavy atom. The number of carbonyl (C=O) groups excluding carboxylic acids is 1. The third kappa shape index (κ3) is 8.68. The highest BCUT2D eigenvalue weighted by atomic mass is 32.2. The second-order valence-corrected chi connectivity index (χ2v) is 13.7. The van der Waals surface area contributed by atoms with Gasteiger partial charge in [0.05, 0.1) is 49.4 Å². The fourth-order valence-electron chi connectivity index (χ4n) is 5.45. The van der Waals surface area contributed by atoms with Crippen LogP contribution in [0.15, 0.2) is 59.5 Å². The number of fused-ring (bicyclic) bond motifs is 1. The lowest BCUT2D eigenvalue weighted by molar-refractivity contribution is -0.0907. The van der Waals surface area contributed by atoms with Crippen molar-refractivity contribution in [1.29, 1.82) is 5.26 Å². The van der Waals surface area contributed by atoms with Crippen molar-refractivity contribution in [1.82, 2.24) is 9.62 Å². The number of aliphatic hydroxyl groups is 1. The average molecular weight is 616 g/mol. The van der Waals surface area contributed by atoms with Crippen molar-refractivity contribution in [3.05, 3.63) is 60.2 Å². The second-order valence-electron chi connectivity index (χ2n) is 11.8. The molecule has 43 heavy (non-hydrogen) atoms. The number of amides is 1. The van der Waals surface area contributed by atoms with Gasteiger partial charge in [-0.1, -0.05) is 44.2 Å². The summed E-state index contributed by atoms with van der Waals surface area (Å²) in [5.41, 5.74) is 0.276. The Kier molecular flexibility index (Phi) is 11.0. The van der Waals surface area contributed by atoms with Gasteiger partial charge in [-0.25, -0.2) is 13.2 Å². The summed E-state index contributed by atoms with van der Waals surface area (Å²) in [5, 5.41) is 23.5. The van der Waals surface area contributed by atoms with Gasteiger partial charge in [0, 0.05) is 19.5 Å². The lowest BCUT2D eigenvalue weighted by atomic mass is 9.88. The van der Waals surface area contributed by atoms with Gasteiger partial charge < -0.3 is 29.4 Å². The Morgan fingerprint density at radius 3 is 2.58 bits per heavy atom. The van der Waals surface area contributed by atoms with E-state index in [4.69, 9.17) is 24.2 Å². The Balaban J connectivity index is 1.56. The minimum atomic E-state index is -4.08. The standard InChI is InChI=1S/C31H41N3O8S/c1-31(2,15-7-16-32)21-34(43(37,38)24-12-10-23(39-3)11-13-24)19-27(35)26(18-22-8-5-4-6-9-22)33-30(36)42-28-20-41-29-25(28)14-17-40-29/h4-6,8-13,25-29,35H,7,14-15,17-21H2,1-3H3,(H,33,36)/t25-,26+,27+,28-,29+/m1/s1. The van der Waals surface area contributed by atoms with E-state index in [0.717, 1.165) is 12.0 Å². The number of ether oxygens (including phenoxy) is 4. The summed E-state index contributed by atoms with van der Waals surface area (Å²) >= 11 is 0. The van der Waals surface area contributed by atoms with Crippen LogP contribution >= 0.6 is 0 Å². The van der Waals surface area contributed by atoms with Gasteiger partial charge in [0.2, 0.25) is 10.0 Å². The van der Waals surface area contributed by atoms with Crippen LogP contribution in [-0.4, -0.2) is 81.9 Å². The molecular weight excluding hydrogens is 574 g/mol. The normalized spacial score (nSPS) is 21.5. The van der Waals surface area contributed by atoms with Gasteiger partial charge in [-0.3, -0.25) is 0 Å². The number of hydrogen-bond acceptors (Lipinski definition) is 9. The van der Waals surface area contributed by atoms with E-state index < -0.39 is 39.8 Å². The van der Waals surface area contributed by atoms with Crippen molar-refractivity contribution in [3.8, 4) is 11.8 Å². The summed E-state index contributed by atoms with van der Waals surface area (Å²) in [4.78, 5) is 13.1. The van der Waals surface area contributed by atoms with Crippen LogP contribution in [0.2, 0.25) is 0 Å². The first kappa shape index (κ1) is 32.7. The van der Waals surface area contributed by atoms with E-state index in [-0.39, 0.29) is 49.6 Å². The molecule has 0 aromatic heterocycles. The molecule has 5 atom stereocenters. The fraction of sp³-hybridized carbons (Fsp3) is 0.548. The molecule has 0 aliphatic carbocycles.